The lowest BCUT2D eigenvalue weighted by molar-refractivity contribution is -0.238. The number of pyridine rings is 1. The maximum atomic E-state index is 15.2. The zero-order valence-corrected chi connectivity index (χ0v) is 20.1. The van der Waals surface area contributed by atoms with Gasteiger partial charge in [0.05, 0.1) is 36.8 Å². The van der Waals surface area contributed by atoms with Crippen LogP contribution in [-0.4, -0.2) is 53.8 Å². The highest BCUT2D eigenvalue weighted by Crippen LogP contribution is 2.29. The smallest absolute Gasteiger partial charge is 0.391 e. The predicted molar refractivity (Wildman–Crippen MR) is 122 cm³/mol. The fourth-order valence-corrected chi connectivity index (χ4v) is 2.92. The van der Waals surface area contributed by atoms with Crippen molar-refractivity contribution in [3.05, 3.63) is 58.7 Å². The summed E-state index contributed by atoms with van der Waals surface area (Å²) in [5.74, 6) is -9.62. The minimum absolute atomic E-state index is 0.0870. The molecule has 11 nitrogen and oxygen atoms in total. The molecular formula is C22H21F6N7O4. The zero-order valence-electron chi connectivity index (χ0n) is 20.1. The Balaban J connectivity index is 2.28. The Bertz CT molecular complexity index is 1280. The van der Waals surface area contributed by atoms with Gasteiger partial charge in [-0.25, -0.2) is 9.18 Å². The number of aryl methyl sites for hydroxylation is 1. The second-order valence-corrected chi connectivity index (χ2v) is 7.74. The lowest BCUT2D eigenvalue weighted by atomic mass is 10.0. The lowest BCUT2D eigenvalue weighted by Gasteiger charge is -2.22. The van der Waals surface area contributed by atoms with E-state index in [9.17, 15) is 36.8 Å². The van der Waals surface area contributed by atoms with Crippen LogP contribution in [0.1, 0.15) is 22.4 Å². The van der Waals surface area contributed by atoms with Gasteiger partial charge in [-0.2, -0.15) is 32.3 Å². The standard InChI is InChI=1S/C22H21F6N7O4/c1-12-4-5-32-16(8-12)21(24,25)11-33-15-3-2-13(10-29)14(18(15)23)9-17(36)35(6-7-38-34-20(30)31)39-19(37)22(26,27)28/h2-5,8,33H,6-7,9,11H2,1H3,(H4,30,31,34). The first kappa shape index (κ1) is 30.5. The maximum Gasteiger partial charge on any atom is 0.493 e. The number of oxime groups is 1. The van der Waals surface area contributed by atoms with Crippen LogP contribution in [0.25, 0.3) is 0 Å². The van der Waals surface area contributed by atoms with E-state index in [4.69, 9.17) is 11.5 Å². The number of anilines is 1. The molecule has 2 rings (SSSR count). The molecule has 0 atom stereocenters. The second-order valence-electron chi connectivity index (χ2n) is 7.74. The number of carbonyl (C=O) groups excluding carboxylic acids is 2. The van der Waals surface area contributed by atoms with E-state index in [-0.39, 0.29) is 5.06 Å². The molecule has 0 unspecified atom stereocenters. The van der Waals surface area contributed by atoms with Crippen LogP contribution in [0.2, 0.25) is 0 Å². The van der Waals surface area contributed by atoms with Crippen molar-refractivity contribution in [2.45, 2.75) is 25.4 Å². The minimum Gasteiger partial charge on any atom is -0.391 e. The molecule has 1 heterocycles. The van der Waals surface area contributed by atoms with Crippen molar-refractivity contribution < 1.29 is 45.6 Å². The highest BCUT2D eigenvalue weighted by atomic mass is 19.4. The largest absolute Gasteiger partial charge is 0.493 e. The predicted octanol–water partition coefficient (Wildman–Crippen LogP) is 2.20. The van der Waals surface area contributed by atoms with Gasteiger partial charge >= 0.3 is 18.1 Å². The topological polar surface area (TPSA) is 169 Å². The van der Waals surface area contributed by atoms with E-state index in [0.717, 1.165) is 18.2 Å². The number of rotatable bonds is 10. The van der Waals surface area contributed by atoms with Crippen LogP contribution in [0.5, 0.6) is 0 Å². The number of guanidine groups is 1. The van der Waals surface area contributed by atoms with Gasteiger partial charge in [-0.1, -0.05) is 0 Å². The average Bonchev–Trinajstić information content (AvgIpc) is 2.85. The summed E-state index contributed by atoms with van der Waals surface area (Å²) >= 11 is 0. The summed E-state index contributed by atoms with van der Waals surface area (Å²) in [6.07, 6.45) is -5.43. The molecule has 0 aliphatic heterocycles. The van der Waals surface area contributed by atoms with Gasteiger partial charge in [-0.15, -0.1) is 0 Å². The molecule has 0 spiro atoms. The number of carbonyl (C=O) groups is 2. The number of hydrogen-bond acceptors (Lipinski definition) is 8. The SMILES string of the molecule is Cc1ccnc(C(F)(F)CNc2ccc(C#N)c(CC(=O)N(CCON=C(N)N)OC(=O)C(F)(F)F)c2F)c1. The van der Waals surface area contributed by atoms with E-state index in [1.165, 1.54) is 12.3 Å². The van der Waals surface area contributed by atoms with Crippen molar-refractivity contribution in [2.75, 3.05) is 25.0 Å². The summed E-state index contributed by atoms with van der Waals surface area (Å²) in [7, 11) is 0. The summed E-state index contributed by atoms with van der Waals surface area (Å²) in [6, 6.07) is 6.19. The third-order valence-corrected chi connectivity index (χ3v) is 4.74. The van der Waals surface area contributed by atoms with Gasteiger partial charge in [0.25, 0.3) is 5.91 Å². The molecule has 0 saturated heterocycles. The molecule has 0 fully saturated rings. The molecule has 39 heavy (non-hydrogen) atoms. The molecule has 5 N–H and O–H groups in total. The normalized spacial score (nSPS) is 11.2. The first-order chi connectivity index (χ1) is 18.2. The number of nitriles is 1. The van der Waals surface area contributed by atoms with Crippen molar-refractivity contribution in [2.24, 2.45) is 16.6 Å². The van der Waals surface area contributed by atoms with Crippen LogP contribution < -0.4 is 16.8 Å². The van der Waals surface area contributed by atoms with Crippen LogP contribution in [0.3, 0.4) is 0 Å². The van der Waals surface area contributed by atoms with E-state index in [0.29, 0.717) is 5.56 Å². The molecule has 17 heteroatoms. The Morgan fingerprint density at radius 3 is 2.49 bits per heavy atom. The number of hydrogen-bond donors (Lipinski definition) is 3. The van der Waals surface area contributed by atoms with Gasteiger partial charge in [0, 0.05) is 11.8 Å². The van der Waals surface area contributed by atoms with E-state index in [1.807, 2.05) is 0 Å². The Morgan fingerprint density at radius 1 is 1.21 bits per heavy atom. The summed E-state index contributed by atoms with van der Waals surface area (Å²) < 4.78 is 82.5. The van der Waals surface area contributed by atoms with Crippen LogP contribution in [0.4, 0.5) is 32.0 Å². The third-order valence-electron chi connectivity index (χ3n) is 4.74. The first-order valence-electron chi connectivity index (χ1n) is 10.7. The van der Waals surface area contributed by atoms with Crippen molar-refractivity contribution in [3.63, 3.8) is 0 Å². The van der Waals surface area contributed by atoms with Crippen LogP contribution in [0.15, 0.2) is 35.6 Å². The average molecular weight is 561 g/mol. The summed E-state index contributed by atoms with van der Waals surface area (Å²) in [5, 5.41) is 14.5. The molecule has 0 aliphatic rings. The highest BCUT2D eigenvalue weighted by Gasteiger charge is 2.43. The van der Waals surface area contributed by atoms with Crippen LogP contribution in [-0.2, 0) is 31.6 Å². The minimum atomic E-state index is -5.50. The van der Waals surface area contributed by atoms with Gasteiger partial charge in [0.2, 0.25) is 5.96 Å². The molecule has 1 aromatic heterocycles. The quantitative estimate of drug-likeness (QED) is 0.129. The number of benzene rings is 1. The first-order valence-corrected chi connectivity index (χ1v) is 10.7. The molecule has 0 radical (unpaired) electrons. The summed E-state index contributed by atoms with van der Waals surface area (Å²) in [6.45, 7) is -1.06. The number of aromatic nitrogens is 1. The number of amides is 1. The molecule has 2 aromatic rings. The summed E-state index contributed by atoms with van der Waals surface area (Å²) in [4.78, 5) is 36.2. The number of hydroxylamine groups is 2. The number of nitrogens with two attached hydrogens (primary N) is 2. The molecule has 1 amide bonds. The zero-order chi connectivity index (χ0) is 29.4. The molecule has 0 saturated carbocycles. The van der Waals surface area contributed by atoms with Crippen molar-refractivity contribution in [1.82, 2.24) is 10.0 Å². The fourth-order valence-electron chi connectivity index (χ4n) is 2.92. The molecule has 1 aromatic carbocycles. The molecule has 0 bridgehead atoms. The third kappa shape index (κ3) is 8.66. The lowest BCUT2D eigenvalue weighted by Crippen LogP contribution is -2.41. The van der Waals surface area contributed by atoms with Crippen LogP contribution in [0, 0.1) is 24.1 Å². The number of alkyl halides is 5. The van der Waals surface area contributed by atoms with Gasteiger partial charge < -0.3 is 26.5 Å². The summed E-state index contributed by atoms with van der Waals surface area (Å²) in [5.41, 5.74) is 8.32. The van der Waals surface area contributed by atoms with Gasteiger partial charge in [0.15, 0.2) is 5.82 Å². The maximum absolute atomic E-state index is 15.2. The van der Waals surface area contributed by atoms with Crippen molar-refractivity contribution >= 4 is 23.5 Å². The Kier molecular flexibility index (Phi) is 9.90. The number of nitrogens with zero attached hydrogens (tertiary/aromatic N) is 4. The number of halogens is 6. The number of nitrogens with one attached hydrogen (secondary N) is 1. The van der Waals surface area contributed by atoms with E-state index in [1.54, 1.807) is 13.0 Å². The monoisotopic (exact) mass is 561 g/mol. The van der Waals surface area contributed by atoms with Crippen LogP contribution >= 0.6 is 0 Å². The van der Waals surface area contributed by atoms with Gasteiger partial charge in [-0.3, -0.25) is 9.78 Å². The Hall–Kier alpha value is -4.75. The van der Waals surface area contributed by atoms with Crippen molar-refractivity contribution in [3.8, 4) is 6.07 Å². The molecular weight excluding hydrogens is 540 g/mol. The van der Waals surface area contributed by atoms with Gasteiger partial charge in [-0.05, 0) is 41.9 Å². The highest BCUT2D eigenvalue weighted by molar-refractivity contribution is 5.82. The molecule has 0 aliphatic carbocycles. The van der Waals surface area contributed by atoms with E-state index < -0.39 is 84.4 Å². The second kappa shape index (κ2) is 12.7. The fraction of sp³-hybridized carbons (Fsp3) is 0.318. The molecule has 210 valence electrons. The van der Waals surface area contributed by atoms with Crippen molar-refractivity contribution in [1.29, 1.82) is 5.26 Å². The van der Waals surface area contributed by atoms with E-state index >= 15 is 4.39 Å². The Labute approximate surface area is 216 Å². The van der Waals surface area contributed by atoms with E-state index in [2.05, 4.69) is 25.1 Å². The van der Waals surface area contributed by atoms with Gasteiger partial charge in [0.1, 0.15) is 12.3 Å². The Morgan fingerprint density at radius 2 is 1.90 bits per heavy atom.